The minimum Gasteiger partial charge on any atom is -0.389 e. The number of nitrogens with zero attached hydrogens (tertiary/aromatic N) is 2. The number of aliphatic hydroxyl groups is 3. The number of hydrogen-bond acceptors (Lipinski definition) is 6. The molecule has 2 aromatic rings. The van der Waals surface area contributed by atoms with E-state index in [0.717, 1.165) is 22.8 Å². The van der Waals surface area contributed by atoms with Gasteiger partial charge in [-0.3, -0.25) is 4.98 Å². The highest BCUT2D eigenvalue weighted by Gasteiger charge is 2.79. The largest absolute Gasteiger partial charge is 0.389 e. The van der Waals surface area contributed by atoms with Crippen molar-refractivity contribution in [1.29, 1.82) is 0 Å². The smallest absolute Gasteiger partial charge is 0.197 e. The first-order valence-electron chi connectivity index (χ1n) is 13.4. The van der Waals surface area contributed by atoms with Gasteiger partial charge in [0, 0.05) is 35.2 Å². The summed E-state index contributed by atoms with van der Waals surface area (Å²) in [7, 11) is 3.64. The molecule has 1 saturated carbocycles. The second kappa shape index (κ2) is 7.48. The fraction of sp³-hybridized carbons (Fsp3) is 0.567. The molecule has 1 aromatic carbocycles. The Hall–Kier alpha value is -2.16. The van der Waals surface area contributed by atoms with E-state index in [1.54, 1.807) is 6.20 Å². The molecule has 2 spiro atoms. The van der Waals surface area contributed by atoms with Crippen LogP contribution < -0.4 is 0 Å². The standard InChI is InChI=1S/C30H35FN2O4/c1-27-10-8-21-25(35)30(31)26(36)24(34)22(33(2)3)15-28(30)11-12-29(21,37-28)23(27)7-6-20(27)18-5-4-17-9-13-32-16-19(17)14-18/h4-6,8-9,13-14,16,22-26,34-36H,7,10-12,15H2,1-3H3. The summed E-state index contributed by atoms with van der Waals surface area (Å²) < 4.78 is 23.9. The van der Waals surface area contributed by atoms with Gasteiger partial charge >= 0.3 is 0 Å². The lowest BCUT2D eigenvalue weighted by atomic mass is 9.55. The van der Waals surface area contributed by atoms with Crippen LogP contribution in [0, 0.1) is 11.3 Å². The quantitative estimate of drug-likeness (QED) is 0.542. The first-order valence-corrected chi connectivity index (χ1v) is 13.4. The zero-order valence-electron chi connectivity index (χ0n) is 21.6. The van der Waals surface area contributed by atoms with Crippen LogP contribution >= 0.6 is 0 Å². The third-order valence-electron chi connectivity index (χ3n) is 10.7. The van der Waals surface area contributed by atoms with E-state index in [1.807, 2.05) is 37.3 Å². The molecular formula is C30H35FN2O4. The molecule has 6 nitrogen and oxygen atoms in total. The molecule has 3 aliphatic carbocycles. The number of ether oxygens (including phenoxy) is 1. The summed E-state index contributed by atoms with van der Waals surface area (Å²) in [5.74, 6) is 0.0416. The van der Waals surface area contributed by atoms with Gasteiger partial charge in [-0.15, -0.1) is 0 Å². The van der Waals surface area contributed by atoms with Crippen LogP contribution in [-0.4, -0.2) is 80.5 Å². The Bertz CT molecular complexity index is 1360. The first kappa shape index (κ1) is 23.9. The molecule has 1 aromatic heterocycles. The third kappa shape index (κ3) is 2.74. The summed E-state index contributed by atoms with van der Waals surface area (Å²) in [5.41, 5.74) is -1.88. The Morgan fingerprint density at radius 2 is 1.89 bits per heavy atom. The van der Waals surface area contributed by atoms with Crippen molar-refractivity contribution in [2.24, 2.45) is 11.3 Å². The van der Waals surface area contributed by atoms with Gasteiger partial charge in [0.15, 0.2) is 5.67 Å². The molecule has 3 heterocycles. The number of aromatic nitrogens is 1. The van der Waals surface area contributed by atoms with E-state index >= 15 is 4.39 Å². The van der Waals surface area contributed by atoms with Crippen LogP contribution in [0.2, 0.25) is 0 Å². The number of allylic oxidation sites excluding steroid dienone is 3. The van der Waals surface area contributed by atoms with Crippen molar-refractivity contribution >= 4 is 16.3 Å². The predicted molar refractivity (Wildman–Crippen MR) is 138 cm³/mol. The number of fused-ring (bicyclic) bond motifs is 2. The Labute approximate surface area is 216 Å². The normalized spacial score (nSPS) is 46.3. The second-order valence-corrected chi connectivity index (χ2v) is 12.5. The molecule has 5 aliphatic rings. The zero-order chi connectivity index (χ0) is 26.0. The van der Waals surface area contributed by atoms with E-state index in [9.17, 15) is 15.3 Å². The molecular weight excluding hydrogens is 471 g/mol. The molecule has 7 heteroatoms. The summed E-state index contributed by atoms with van der Waals surface area (Å²) in [6, 6.07) is 8.03. The van der Waals surface area contributed by atoms with Crippen LogP contribution in [0.15, 0.2) is 54.4 Å². The number of benzene rings is 1. The Balaban J connectivity index is 1.32. The number of halogens is 1. The van der Waals surface area contributed by atoms with Crippen molar-refractivity contribution in [3.63, 3.8) is 0 Å². The molecule has 9 unspecified atom stereocenters. The van der Waals surface area contributed by atoms with E-state index in [4.69, 9.17) is 4.74 Å². The van der Waals surface area contributed by atoms with Gasteiger partial charge in [-0.1, -0.05) is 31.2 Å². The molecule has 7 rings (SSSR count). The van der Waals surface area contributed by atoms with E-state index in [2.05, 4.69) is 36.2 Å². The van der Waals surface area contributed by atoms with Gasteiger partial charge in [-0.05, 0) is 80.4 Å². The van der Waals surface area contributed by atoms with Crippen molar-refractivity contribution < 1.29 is 24.4 Å². The van der Waals surface area contributed by atoms with Crippen LogP contribution in [0.5, 0.6) is 0 Å². The number of hydrogen-bond donors (Lipinski definition) is 3. The Morgan fingerprint density at radius 1 is 1.08 bits per heavy atom. The van der Waals surface area contributed by atoms with Crippen LogP contribution in [0.3, 0.4) is 0 Å². The molecule has 3 fully saturated rings. The SMILES string of the molecule is CN(C)C1CC23CCC4(O2)C(=CCC2(C)C(c5ccc6ccncc6c5)=CCC24)C(O)C3(F)C(O)C1O. The van der Waals surface area contributed by atoms with Crippen LogP contribution in [0.25, 0.3) is 16.3 Å². The maximum atomic E-state index is 17.0. The van der Waals surface area contributed by atoms with E-state index in [0.29, 0.717) is 24.8 Å². The maximum absolute atomic E-state index is 17.0. The van der Waals surface area contributed by atoms with Crippen molar-refractivity contribution in [2.45, 2.75) is 80.3 Å². The van der Waals surface area contributed by atoms with Gasteiger partial charge in [0.05, 0.1) is 11.7 Å². The van der Waals surface area contributed by atoms with Crippen LogP contribution in [-0.2, 0) is 4.74 Å². The number of pyridine rings is 1. The van der Waals surface area contributed by atoms with Gasteiger partial charge in [-0.2, -0.15) is 0 Å². The summed E-state index contributed by atoms with van der Waals surface area (Å²) in [5, 5.41) is 35.8. The van der Waals surface area contributed by atoms with Crippen LogP contribution in [0.1, 0.15) is 44.6 Å². The van der Waals surface area contributed by atoms with E-state index < -0.39 is 41.2 Å². The number of aliphatic hydroxyl groups excluding tert-OH is 3. The molecule has 2 bridgehead atoms. The van der Waals surface area contributed by atoms with Crippen molar-refractivity contribution in [1.82, 2.24) is 9.88 Å². The van der Waals surface area contributed by atoms with E-state index in [1.165, 1.54) is 5.57 Å². The topological polar surface area (TPSA) is 86.1 Å². The van der Waals surface area contributed by atoms with Gasteiger partial charge in [0.25, 0.3) is 0 Å². The lowest BCUT2D eigenvalue weighted by molar-refractivity contribution is -0.308. The minimum absolute atomic E-state index is 0.0416. The second-order valence-electron chi connectivity index (χ2n) is 12.5. The van der Waals surface area contributed by atoms with Gasteiger partial charge in [0.2, 0.25) is 0 Å². The highest BCUT2D eigenvalue weighted by Crippen LogP contribution is 2.70. The Kier molecular flexibility index (Phi) is 4.84. The summed E-state index contributed by atoms with van der Waals surface area (Å²) >= 11 is 0. The number of rotatable bonds is 2. The van der Waals surface area contributed by atoms with Gasteiger partial charge in [-0.25, -0.2) is 4.39 Å². The highest BCUT2D eigenvalue weighted by molar-refractivity contribution is 5.87. The fourth-order valence-corrected chi connectivity index (χ4v) is 8.78. The molecule has 0 radical (unpaired) electrons. The summed E-state index contributed by atoms with van der Waals surface area (Å²) in [6.07, 6.45) is 6.03. The zero-order valence-corrected chi connectivity index (χ0v) is 21.6. The number of likely N-dealkylation sites (N-methyl/N-ethyl adjacent to an activating group) is 1. The molecule has 0 amide bonds. The molecule has 3 N–H and O–H groups in total. The maximum Gasteiger partial charge on any atom is 0.197 e. The summed E-state index contributed by atoms with van der Waals surface area (Å²) in [6.45, 7) is 2.27. The third-order valence-corrected chi connectivity index (χ3v) is 10.7. The van der Waals surface area contributed by atoms with Gasteiger partial charge in [0.1, 0.15) is 17.8 Å². The Morgan fingerprint density at radius 3 is 2.68 bits per heavy atom. The van der Waals surface area contributed by atoms with Crippen LogP contribution in [0.4, 0.5) is 4.39 Å². The number of alkyl halides is 1. The van der Waals surface area contributed by atoms with E-state index in [-0.39, 0.29) is 17.8 Å². The summed E-state index contributed by atoms with van der Waals surface area (Å²) in [4.78, 5) is 6.11. The first-order chi connectivity index (χ1) is 17.6. The molecule has 37 heavy (non-hydrogen) atoms. The lowest BCUT2D eigenvalue weighted by Gasteiger charge is -2.62. The lowest BCUT2D eigenvalue weighted by Crippen LogP contribution is -2.78. The molecule has 2 saturated heterocycles. The highest BCUT2D eigenvalue weighted by atomic mass is 19.1. The van der Waals surface area contributed by atoms with Gasteiger partial charge < -0.3 is 25.0 Å². The van der Waals surface area contributed by atoms with Crippen molar-refractivity contribution in [3.05, 3.63) is 59.9 Å². The average molecular weight is 507 g/mol. The molecule has 9 atom stereocenters. The fourth-order valence-electron chi connectivity index (χ4n) is 8.78. The van der Waals surface area contributed by atoms with Crippen molar-refractivity contribution in [2.75, 3.05) is 14.1 Å². The molecule has 196 valence electrons. The monoisotopic (exact) mass is 506 g/mol. The van der Waals surface area contributed by atoms with Crippen molar-refractivity contribution in [3.8, 4) is 0 Å². The minimum atomic E-state index is -2.46. The molecule has 2 aliphatic heterocycles. The predicted octanol–water partition coefficient (Wildman–Crippen LogP) is 3.40. The average Bonchev–Trinajstić information content (AvgIpc) is 3.42.